The molecule has 0 bridgehead atoms. The molecule has 0 radical (unpaired) electrons. The monoisotopic (exact) mass is 399 g/mol. The maximum atomic E-state index is 13.6. The van der Waals surface area contributed by atoms with Crippen LogP contribution in [-0.4, -0.2) is 16.2 Å². The first-order valence-electron chi connectivity index (χ1n) is 8.44. The summed E-state index contributed by atoms with van der Waals surface area (Å²) in [5.41, 5.74) is 1.08. The molecule has 0 saturated carbocycles. The third-order valence-electron chi connectivity index (χ3n) is 3.68. The number of ether oxygens (including phenoxy) is 1. The molecule has 144 valence electrons. The molecule has 0 unspecified atom stereocenters. The number of carbonyl (C=O) groups is 1. The van der Waals surface area contributed by atoms with Crippen molar-refractivity contribution in [3.63, 3.8) is 0 Å². The zero-order valence-electron chi connectivity index (χ0n) is 14.9. The van der Waals surface area contributed by atoms with E-state index in [4.69, 9.17) is 9.15 Å². The van der Waals surface area contributed by atoms with Crippen molar-refractivity contribution in [1.29, 1.82) is 0 Å². The molecule has 0 amide bonds. The van der Waals surface area contributed by atoms with Crippen molar-refractivity contribution in [2.24, 2.45) is 0 Å². The number of nitrogens with zero attached hydrogens (tertiary/aromatic N) is 2. The van der Waals surface area contributed by atoms with Crippen LogP contribution >= 0.6 is 11.8 Å². The molecule has 3 aromatic rings. The van der Waals surface area contributed by atoms with E-state index in [9.17, 15) is 14.3 Å². The molecule has 28 heavy (non-hydrogen) atoms. The van der Waals surface area contributed by atoms with Crippen molar-refractivity contribution in [3.05, 3.63) is 76.3 Å². The molecule has 0 N–H and O–H groups in total. The predicted molar refractivity (Wildman–Crippen MR) is 99.7 cm³/mol. The Morgan fingerprint density at radius 2 is 1.96 bits per heavy atom. The number of thioether (sulfide) groups is 1. The minimum Gasteiger partial charge on any atom is -0.544 e. The lowest BCUT2D eigenvalue weighted by Crippen LogP contribution is -2.23. The van der Waals surface area contributed by atoms with Gasteiger partial charge in [0.1, 0.15) is 18.2 Å². The first-order chi connectivity index (χ1) is 13.5. The van der Waals surface area contributed by atoms with Gasteiger partial charge in [0.05, 0.1) is 5.97 Å². The summed E-state index contributed by atoms with van der Waals surface area (Å²) in [6.45, 7) is 1.95. The zero-order chi connectivity index (χ0) is 19.9. The van der Waals surface area contributed by atoms with Crippen LogP contribution in [0.4, 0.5) is 4.39 Å². The lowest BCUT2D eigenvalue weighted by atomic mass is 10.2. The maximum Gasteiger partial charge on any atom is 0.281 e. The molecule has 1 heterocycles. The molecular formula is C20H16FN2O4S-. The number of carbonyl (C=O) groups excluding carboxylic acids is 1. The summed E-state index contributed by atoms with van der Waals surface area (Å²) in [7, 11) is 0. The zero-order valence-corrected chi connectivity index (χ0v) is 15.7. The van der Waals surface area contributed by atoms with Crippen LogP contribution in [0.25, 0.3) is 6.08 Å². The standard InChI is InChI=1S/C20H17FN2O4S/c1-2-18-22-23-20(27-18)28-17(19(24)25)11-13-7-9-15(10-8-13)26-12-14-5-3-4-6-16(14)21/h3-11H,2,12H2,1H3,(H,24,25)/p-1/b17-11-. The molecule has 0 fully saturated rings. The van der Waals surface area contributed by atoms with Gasteiger partial charge in [0.15, 0.2) is 0 Å². The number of aryl methyl sites for hydroxylation is 1. The van der Waals surface area contributed by atoms with Gasteiger partial charge in [-0.15, -0.1) is 10.2 Å². The number of hydrogen-bond acceptors (Lipinski definition) is 7. The lowest BCUT2D eigenvalue weighted by Gasteiger charge is -2.08. The summed E-state index contributed by atoms with van der Waals surface area (Å²) >= 11 is 0.827. The van der Waals surface area contributed by atoms with E-state index in [-0.39, 0.29) is 22.6 Å². The Kier molecular flexibility index (Phi) is 6.44. The fourth-order valence-electron chi connectivity index (χ4n) is 2.23. The topological polar surface area (TPSA) is 88.3 Å². The second kappa shape index (κ2) is 9.18. The maximum absolute atomic E-state index is 13.6. The Morgan fingerprint density at radius 1 is 1.21 bits per heavy atom. The first-order valence-corrected chi connectivity index (χ1v) is 9.26. The minimum atomic E-state index is -1.35. The quantitative estimate of drug-likeness (QED) is 0.424. The van der Waals surface area contributed by atoms with Crippen LogP contribution in [0.5, 0.6) is 5.75 Å². The number of aromatic nitrogens is 2. The van der Waals surface area contributed by atoms with Gasteiger partial charge in [-0.1, -0.05) is 37.3 Å². The lowest BCUT2D eigenvalue weighted by molar-refractivity contribution is -0.298. The second-order valence-electron chi connectivity index (χ2n) is 5.66. The van der Waals surface area contributed by atoms with Gasteiger partial charge in [0, 0.05) is 16.9 Å². The Labute approximate surface area is 165 Å². The molecule has 0 spiro atoms. The first kappa shape index (κ1) is 19.6. The molecule has 1 aromatic heterocycles. The molecule has 0 aliphatic carbocycles. The van der Waals surface area contributed by atoms with Crippen molar-refractivity contribution >= 4 is 23.8 Å². The summed E-state index contributed by atoms with van der Waals surface area (Å²) < 4.78 is 24.5. The molecule has 2 aromatic carbocycles. The largest absolute Gasteiger partial charge is 0.544 e. The number of aliphatic carboxylic acids is 1. The van der Waals surface area contributed by atoms with Crippen LogP contribution in [-0.2, 0) is 17.8 Å². The van der Waals surface area contributed by atoms with Crippen molar-refractivity contribution < 1.29 is 23.4 Å². The average Bonchev–Trinajstić information content (AvgIpc) is 3.15. The normalized spacial score (nSPS) is 11.4. The van der Waals surface area contributed by atoms with E-state index in [1.54, 1.807) is 42.5 Å². The van der Waals surface area contributed by atoms with Crippen LogP contribution in [0.3, 0.4) is 0 Å². The summed E-state index contributed by atoms with van der Waals surface area (Å²) in [4.78, 5) is 11.3. The van der Waals surface area contributed by atoms with Crippen LogP contribution in [0.1, 0.15) is 23.9 Å². The molecule has 0 aliphatic rings. The molecule has 8 heteroatoms. The van der Waals surface area contributed by atoms with Crippen molar-refractivity contribution in [2.75, 3.05) is 0 Å². The highest BCUT2D eigenvalue weighted by Crippen LogP contribution is 2.27. The third-order valence-corrected chi connectivity index (χ3v) is 4.52. The van der Waals surface area contributed by atoms with E-state index < -0.39 is 5.97 Å². The van der Waals surface area contributed by atoms with E-state index in [0.29, 0.717) is 29.2 Å². The highest BCUT2D eigenvalue weighted by Gasteiger charge is 2.10. The van der Waals surface area contributed by atoms with Crippen LogP contribution in [0, 0.1) is 5.82 Å². The smallest absolute Gasteiger partial charge is 0.281 e. The fraction of sp³-hybridized carbons (Fsp3) is 0.150. The number of halogens is 1. The third kappa shape index (κ3) is 5.20. The van der Waals surface area contributed by atoms with E-state index in [1.807, 2.05) is 6.92 Å². The van der Waals surface area contributed by atoms with Crippen molar-refractivity contribution in [3.8, 4) is 5.75 Å². The molecule has 3 rings (SSSR count). The molecule has 6 nitrogen and oxygen atoms in total. The SMILES string of the molecule is CCc1nnc(S/C(=C\c2ccc(OCc3ccccc3F)cc2)C(=O)[O-])o1. The van der Waals surface area contributed by atoms with Gasteiger partial charge in [-0.25, -0.2) is 4.39 Å². The van der Waals surface area contributed by atoms with Crippen molar-refractivity contribution in [2.45, 2.75) is 25.2 Å². The summed E-state index contributed by atoms with van der Waals surface area (Å²) in [6, 6.07) is 13.1. The highest BCUT2D eigenvalue weighted by atomic mass is 32.2. The Morgan fingerprint density at radius 3 is 2.61 bits per heavy atom. The minimum absolute atomic E-state index is 0.0636. The van der Waals surface area contributed by atoms with Gasteiger partial charge in [0.2, 0.25) is 5.89 Å². The predicted octanol–water partition coefficient (Wildman–Crippen LogP) is 3.23. The fourth-order valence-corrected chi connectivity index (χ4v) is 2.92. The van der Waals surface area contributed by atoms with Gasteiger partial charge < -0.3 is 19.1 Å². The summed E-state index contributed by atoms with van der Waals surface area (Å²) in [6.07, 6.45) is 2.00. The van der Waals surface area contributed by atoms with Gasteiger partial charge in [0.25, 0.3) is 5.22 Å². The second-order valence-corrected chi connectivity index (χ2v) is 6.66. The molecular weight excluding hydrogens is 383 g/mol. The van der Waals surface area contributed by atoms with E-state index in [1.165, 1.54) is 12.1 Å². The highest BCUT2D eigenvalue weighted by molar-refractivity contribution is 8.03. The number of hydrogen-bond donors (Lipinski definition) is 0. The van der Waals surface area contributed by atoms with Gasteiger partial charge in [-0.3, -0.25) is 0 Å². The molecule has 0 atom stereocenters. The van der Waals surface area contributed by atoms with E-state index in [2.05, 4.69) is 10.2 Å². The van der Waals surface area contributed by atoms with Crippen LogP contribution in [0.2, 0.25) is 0 Å². The molecule has 0 saturated heterocycles. The van der Waals surface area contributed by atoms with Gasteiger partial charge in [-0.2, -0.15) is 0 Å². The average molecular weight is 399 g/mol. The van der Waals surface area contributed by atoms with Gasteiger partial charge in [-0.05, 0) is 41.6 Å². The van der Waals surface area contributed by atoms with Gasteiger partial charge >= 0.3 is 0 Å². The van der Waals surface area contributed by atoms with E-state index >= 15 is 0 Å². The Bertz CT molecular complexity index is 986. The van der Waals surface area contributed by atoms with Crippen LogP contribution in [0.15, 0.2) is 63.1 Å². The van der Waals surface area contributed by atoms with Crippen molar-refractivity contribution in [1.82, 2.24) is 10.2 Å². The van der Waals surface area contributed by atoms with E-state index in [0.717, 1.165) is 11.8 Å². The summed E-state index contributed by atoms with van der Waals surface area (Å²) in [5, 5.41) is 19.1. The molecule has 0 aliphatic heterocycles. The van der Waals surface area contributed by atoms with Crippen LogP contribution < -0.4 is 9.84 Å². The number of carboxylic acids is 1. The number of rotatable bonds is 8. The Hall–Kier alpha value is -3.13. The summed E-state index contributed by atoms with van der Waals surface area (Å²) in [5.74, 6) is -0.713. The number of carboxylic acid groups (broad SMARTS) is 1. The number of benzene rings is 2. The Balaban J connectivity index is 1.68.